The fraction of sp³-hybridized carbons (Fsp3) is 0.417. The molecule has 0 heterocycles. The molecule has 0 aromatic rings. The Hall–Kier alpha value is -1.51. The third kappa shape index (κ3) is 6.55. The average molecular weight is 210 g/mol. The molecule has 0 spiro atoms. The lowest BCUT2D eigenvalue weighted by Gasteiger charge is -2.17. The molecule has 0 aromatic heterocycles. The van der Waals surface area contributed by atoms with Crippen molar-refractivity contribution in [3.63, 3.8) is 0 Å². The number of aliphatic hydroxyl groups excluding tert-OH is 1. The first-order valence-electron chi connectivity index (χ1n) is 4.83. The number of allylic oxidation sites excluding steroid dienone is 4. The second-order valence-electron chi connectivity index (χ2n) is 3.57. The molecule has 1 rings (SSSR count). The van der Waals surface area contributed by atoms with Gasteiger partial charge in [0.1, 0.15) is 0 Å². The molecule has 2 N–H and O–H groups in total. The Labute approximate surface area is 90.4 Å². The first kappa shape index (κ1) is 13.5. The Balaban J connectivity index is 0.000000423. The minimum absolute atomic E-state index is 0.513. The van der Waals surface area contributed by atoms with Crippen LogP contribution in [0.2, 0.25) is 0 Å². The first-order chi connectivity index (χ1) is 6.97. The molecule has 0 aromatic carbocycles. The fourth-order valence-corrected chi connectivity index (χ4v) is 1.26. The molecular weight excluding hydrogens is 192 g/mol. The summed E-state index contributed by atoms with van der Waals surface area (Å²) in [6.07, 6.45) is 7.31. The predicted molar refractivity (Wildman–Crippen MR) is 60.7 cm³/mol. The smallest absolute Gasteiger partial charge is 0.300 e. The fourth-order valence-electron chi connectivity index (χ4n) is 1.26. The van der Waals surface area contributed by atoms with E-state index in [1.54, 1.807) is 0 Å². The van der Waals surface area contributed by atoms with E-state index in [1.165, 1.54) is 11.8 Å². The maximum Gasteiger partial charge on any atom is 0.300 e. The molecule has 1 atom stereocenters. The van der Waals surface area contributed by atoms with Crippen molar-refractivity contribution in [3.8, 4) is 0 Å². The predicted octanol–water partition coefficient (Wildman–Crippen LogP) is 3.06. The zero-order chi connectivity index (χ0) is 11.8. The number of carboxylic acid groups (broad SMARTS) is 1. The van der Waals surface area contributed by atoms with Gasteiger partial charge in [-0.2, -0.15) is 0 Å². The number of carbonyl (C=O) groups is 1. The highest BCUT2D eigenvalue weighted by molar-refractivity contribution is 5.62. The molecule has 0 amide bonds. The van der Waals surface area contributed by atoms with E-state index in [0.29, 0.717) is 5.92 Å². The maximum atomic E-state index is 9.00. The van der Waals surface area contributed by atoms with Crippen LogP contribution in [0.25, 0.3) is 0 Å². The van der Waals surface area contributed by atoms with Gasteiger partial charge in [-0.05, 0) is 31.3 Å². The van der Waals surface area contributed by atoms with Crippen molar-refractivity contribution >= 4 is 5.97 Å². The van der Waals surface area contributed by atoms with Crippen LogP contribution >= 0.6 is 0 Å². The second kappa shape index (κ2) is 6.87. The van der Waals surface area contributed by atoms with Gasteiger partial charge in [0.25, 0.3) is 5.97 Å². The number of aliphatic carboxylic acids is 1. The molecule has 0 saturated carbocycles. The largest absolute Gasteiger partial charge is 0.515 e. The van der Waals surface area contributed by atoms with Crippen LogP contribution in [0.3, 0.4) is 0 Å². The van der Waals surface area contributed by atoms with Gasteiger partial charge in [-0.3, -0.25) is 4.79 Å². The molecule has 1 aliphatic rings. The molecule has 0 aliphatic heterocycles. The van der Waals surface area contributed by atoms with Gasteiger partial charge in [0.15, 0.2) is 0 Å². The van der Waals surface area contributed by atoms with Crippen LogP contribution in [-0.4, -0.2) is 16.2 Å². The van der Waals surface area contributed by atoms with E-state index in [1.807, 2.05) is 13.0 Å². The summed E-state index contributed by atoms with van der Waals surface area (Å²) in [5, 5.41) is 16.1. The third-order valence-corrected chi connectivity index (χ3v) is 2.09. The van der Waals surface area contributed by atoms with E-state index < -0.39 is 5.97 Å². The second-order valence-corrected chi connectivity index (χ2v) is 3.57. The van der Waals surface area contributed by atoms with Crippen LogP contribution in [0.1, 0.15) is 26.7 Å². The highest BCUT2D eigenvalue weighted by atomic mass is 16.4. The molecule has 1 aliphatic carbocycles. The van der Waals surface area contributed by atoms with E-state index in [2.05, 4.69) is 12.7 Å². The van der Waals surface area contributed by atoms with Crippen LogP contribution < -0.4 is 0 Å². The van der Waals surface area contributed by atoms with E-state index in [0.717, 1.165) is 25.3 Å². The van der Waals surface area contributed by atoms with Crippen LogP contribution in [-0.2, 0) is 4.79 Å². The molecule has 1 unspecified atom stereocenters. The Kier molecular flexibility index (Phi) is 6.18. The summed E-state index contributed by atoms with van der Waals surface area (Å²) in [5.41, 5.74) is 2.22. The number of rotatable bonds is 1. The first-order valence-corrected chi connectivity index (χ1v) is 4.83. The van der Waals surface area contributed by atoms with Crippen LogP contribution in [0, 0.1) is 5.92 Å². The molecule has 0 saturated heterocycles. The van der Waals surface area contributed by atoms with Gasteiger partial charge in [0, 0.05) is 6.92 Å². The lowest BCUT2D eigenvalue weighted by atomic mass is 9.89. The topological polar surface area (TPSA) is 57.5 Å². The van der Waals surface area contributed by atoms with Crippen molar-refractivity contribution in [2.24, 2.45) is 5.92 Å². The van der Waals surface area contributed by atoms with Gasteiger partial charge in [-0.1, -0.05) is 24.3 Å². The van der Waals surface area contributed by atoms with Crippen molar-refractivity contribution < 1.29 is 15.0 Å². The van der Waals surface area contributed by atoms with Crippen molar-refractivity contribution in [3.05, 3.63) is 36.1 Å². The summed E-state index contributed by atoms with van der Waals surface area (Å²) in [4.78, 5) is 9.00. The number of carboxylic acids is 1. The molecule has 84 valence electrons. The molecule has 3 heteroatoms. The summed E-state index contributed by atoms with van der Waals surface area (Å²) < 4.78 is 0. The van der Waals surface area contributed by atoms with Crippen molar-refractivity contribution in [1.82, 2.24) is 0 Å². The number of hydrogen-bond donors (Lipinski definition) is 2. The lowest BCUT2D eigenvalue weighted by Crippen LogP contribution is -2.02. The summed E-state index contributed by atoms with van der Waals surface area (Å²) >= 11 is 0. The van der Waals surface area contributed by atoms with Crippen LogP contribution in [0.4, 0.5) is 0 Å². The summed E-state index contributed by atoms with van der Waals surface area (Å²) in [5.74, 6) is -0.321. The summed E-state index contributed by atoms with van der Waals surface area (Å²) in [6, 6.07) is 0. The summed E-state index contributed by atoms with van der Waals surface area (Å²) in [6.45, 7) is 7.02. The number of aliphatic hydroxyl groups is 1. The lowest BCUT2D eigenvalue weighted by molar-refractivity contribution is -0.134. The van der Waals surface area contributed by atoms with E-state index in [4.69, 9.17) is 15.0 Å². The van der Waals surface area contributed by atoms with E-state index in [9.17, 15) is 0 Å². The molecule has 15 heavy (non-hydrogen) atoms. The van der Waals surface area contributed by atoms with Crippen LogP contribution in [0.5, 0.6) is 0 Å². The minimum Gasteiger partial charge on any atom is -0.515 e. The van der Waals surface area contributed by atoms with Gasteiger partial charge in [0.05, 0.1) is 6.26 Å². The zero-order valence-corrected chi connectivity index (χ0v) is 9.23. The normalized spacial score (nSPS) is 21.7. The Morgan fingerprint density at radius 1 is 1.60 bits per heavy atom. The quantitative estimate of drug-likeness (QED) is 0.516. The zero-order valence-electron chi connectivity index (χ0n) is 9.23. The van der Waals surface area contributed by atoms with Crippen molar-refractivity contribution in [2.75, 3.05) is 0 Å². The van der Waals surface area contributed by atoms with Gasteiger partial charge in [-0.15, -0.1) is 0 Å². The standard InChI is InChI=1S/C10H14O.C2H4O2/c1-8(2)10-5-3-9(7-11)4-6-10;1-2(3)4/h3,5,7,10-11H,1,4,6H2,2H3;1H3,(H,3,4). The van der Waals surface area contributed by atoms with Gasteiger partial charge >= 0.3 is 0 Å². The number of hydrogen-bond acceptors (Lipinski definition) is 2. The van der Waals surface area contributed by atoms with Gasteiger partial charge in [-0.25, -0.2) is 0 Å². The Bertz CT molecular complexity index is 283. The molecule has 3 nitrogen and oxygen atoms in total. The third-order valence-electron chi connectivity index (χ3n) is 2.09. The Morgan fingerprint density at radius 2 is 2.13 bits per heavy atom. The molecule has 0 fully saturated rings. The highest BCUT2D eigenvalue weighted by Gasteiger charge is 2.10. The molecular formula is C12H18O3. The molecule has 0 bridgehead atoms. The van der Waals surface area contributed by atoms with Gasteiger partial charge in [0.2, 0.25) is 0 Å². The highest BCUT2D eigenvalue weighted by Crippen LogP contribution is 2.25. The summed E-state index contributed by atoms with van der Waals surface area (Å²) in [7, 11) is 0. The minimum atomic E-state index is -0.833. The van der Waals surface area contributed by atoms with E-state index >= 15 is 0 Å². The van der Waals surface area contributed by atoms with Crippen molar-refractivity contribution in [2.45, 2.75) is 26.7 Å². The van der Waals surface area contributed by atoms with Crippen LogP contribution in [0.15, 0.2) is 36.1 Å². The molecule has 0 radical (unpaired) electrons. The monoisotopic (exact) mass is 210 g/mol. The average Bonchev–Trinajstić information content (AvgIpc) is 2.17. The SMILES string of the molecule is C=C(C)C1C=CC(=CO)CC1.CC(=O)O. The Morgan fingerprint density at radius 3 is 2.40 bits per heavy atom. The van der Waals surface area contributed by atoms with Gasteiger partial charge < -0.3 is 10.2 Å². The van der Waals surface area contributed by atoms with E-state index in [-0.39, 0.29) is 0 Å². The maximum absolute atomic E-state index is 9.00. The van der Waals surface area contributed by atoms with Crippen molar-refractivity contribution in [1.29, 1.82) is 0 Å².